The highest BCUT2D eigenvalue weighted by Gasteiger charge is 2.28. The number of fused-ring (bicyclic) bond motifs is 1. The molecule has 1 aromatic carbocycles. The lowest BCUT2D eigenvalue weighted by Crippen LogP contribution is -2.36. The van der Waals surface area contributed by atoms with Crippen molar-refractivity contribution in [1.82, 2.24) is 4.90 Å². The highest BCUT2D eigenvalue weighted by atomic mass is 35.5. The summed E-state index contributed by atoms with van der Waals surface area (Å²) < 4.78 is 5.42. The Kier molecular flexibility index (Phi) is 4.71. The Morgan fingerprint density at radius 1 is 1.38 bits per heavy atom. The van der Waals surface area contributed by atoms with Crippen LogP contribution in [0.3, 0.4) is 0 Å². The normalized spacial score (nSPS) is 19.0. The lowest BCUT2D eigenvalue weighted by atomic mass is 10.0. The van der Waals surface area contributed by atoms with Gasteiger partial charge in [0.05, 0.1) is 6.54 Å². The van der Waals surface area contributed by atoms with Crippen molar-refractivity contribution in [3.05, 3.63) is 33.3 Å². The number of benzene rings is 1. The number of nitrogens with zero attached hydrogens (tertiary/aromatic N) is 1. The van der Waals surface area contributed by atoms with Gasteiger partial charge in [0.25, 0.3) is 0 Å². The van der Waals surface area contributed by atoms with E-state index in [1.807, 2.05) is 26.8 Å². The van der Waals surface area contributed by atoms with E-state index in [0.29, 0.717) is 29.6 Å². The number of ether oxygens (including phenoxy) is 1. The number of hydrogen-bond donors (Lipinski definition) is 1. The van der Waals surface area contributed by atoms with Gasteiger partial charge in [0.1, 0.15) is 5.60 Å². The van der Waals surface area contributed by atoms with Crippen molar-refractivity contribution in [2.45, 2.75) is 45.4 Å². The lowest BCUT2D eigenvalue weighted by Gasteiger charge is -2.26. The second kappa shape index (κ2) is 6.03. The highest BCUT2D eigenvalue weighted by Crippen LogP contribution is 2.33. The molecule has 0 saturated heterocycles. The standard InChI is InChI=1S/C15H20Cl2N2O2/c1-15(2,3)21-14(20)19-5-4-13(18)10-6-9(16)7-12(17)11(10)8-19/h6-7,13H,4-5,8,18H2,1-3H3/t13-/m1/s1. The molecule has 116 valence electrons. The SMILES string of the molecule is CC(C)(C)OC(=O)N1CC[C@@H](N)c2cc(Cl)cc(Cl)c2C1. The maximum Gasteiger partial charge on any atom is 0.410 e. The fraction of sp³-hybridized carbons (Fsp3) is 0.533. The molecular formula is C15H20Cl2N2O2. The molecule has 6 heteroatoms. The Morgan fingerprint density at radius 2 is 2.05 bits per heavy atom. The minimum absolute atomic E-state index is 0.191. The van der Waals surface area contributed by atoms with Gasteiger partial charge in [-0.15, -0.1) is 0 Å². The molecule has 1 aromatic rings. The molecule has 0 unspecified atom stereocenters. The van der Waals surface area contributed by atoms with Crippen molar-refractivity contribution in [3.8, 4) is 0 Å². The third kappa shape index (κ3) is 4.02. The van der Waals surface area contributed by atoms with Gasteiger partial charge in [0.2, 0.25) is 0 Å². The van der Waals surface area contributed by atoms with Crippen molar-refractivity contribution in [2.24, 2.45) is 5.73 Å². The summed E-state index contributed by atoms with van der Waals surface area (Å²) in [6.45, 7) is 6.44. The number of rotatable bonds is 0. The second-order valence-electron chi connectivity index (χ2n) is 6.25. The molecule has 2 rings (SSSR count). The Morgan fingerprint density at radius 3 is 2.67 bits per heavy atom. The topological polar surface area (TPSA) is 55.6 Å². The van der Waals surface area contributed by atoms with Gasteiger partial charge >= 0.3 is 6.09 Å². The van der Waals surface area contributed by atoms with Crippen LogP contribution in [0.4, 0.5) is 4.79 Å². The predicted octanol–water partition coefficient (Wildman–Crippen LogP) is 4.13. The first-order valence-electron chi connectivity index (χ1n) is 6.88. The summed E-state index contributed by atoms with van der Waals surface area (Å²) in [4.78, 5) is 13.9. The van der Waals surface area contributed by atoms with Crippen LogP contribution in [0.15, 0.2) is 12.1 Å². The van der Waals surface area contributed by atoms with Crippen molar-refractivity contribution in [1.29, 1.82) is 0 Å². The van der Waals surface area contributed by atoms with Crippen LogP contribution in [0.5, 0.6) is 0 Å². The molecule has 1 aliphatic rings. The van der Waals surface area contributed by atoms with Crippen LogP contribution < -0.4 is 5.73 Å². The van der Waals surface area contributed by atoms with Gasteiger partial charge in [-0.2, -0.15) is 0 Å². The molecule has 1 atom stereocenters. The van der Waals surface area contributed by atoms with E-state index in [4.69, 9.17) is 33.7 Å². The van der Waals surface area contributed by atoms with Gasteiger partial charge in [-0.05, 0) is 50.5 Å². The quantitative estimate of drug-likeness (QED) is 0.777. The molecule has 1 aliphatic heterocycles. The number of nitrogens with two attached hydrogens (primary N) is 1. The molecule has 21 heavy (non-hydrogen) atoms. The van der Waals surface area contributed by atoms with Crippen LogP contribution in [0.2, 0.25) is 10.0 Å². The predicted molar refractivity (Wildman–Crippen MR) is 84.7 cm³/mol. The first-order chi connectivity index (χ1) is 9.67. The molecule has 0 bridgehead atoms. The van der Waals surface area contributed by atoms with E-state index < -0.39 is 5.60 Å². The molecule has 1 amide bonds. The summed E-state index contributed by atoms with van der Waals surface area (Å²) in [7, 11) is 0. The van der Waals surface area contributed by atoms with Gasteiger partial charge in [-0.25, -0.2) is 4.79 Å². The maximum absolute atomic E-state index is 12.3. The van der Waals surface area contributed by atoms with Gasteiger partial charge in [-0.3, -0.25) is 0 Å². The summed E-state index contributed by atoms with van der Waals surface area (Å²) in [5.74, 6) is 0. The smallest absolute Gasteiger partial charge is 0.410 e. The zero-order valence-corrected chi connectivity index (χ0v) is 14.0. The summed E-state index contributed by atoms with van der Waals surface area (Å²) >= 11 is 12.3. The average molecular weight is 331 g/mol. The minimum Gasteiger partial charge on any atom is -0.444 e. The Bertz CT molecular complexity index is 555. The molecular weight excluding hydrogens is 311 g/mol. The van der Waals surface area contributed by atoms with Crippen LogP contribution in [0, 0.1) is 0 Å². The molecule has 1 heterocycles. The molecule has 0 radical (unpaired) electrons. The molecule has 4 nitrogen and oxygen atoms in total. The molecule has 0 aromatic heterocycles. The Labute approximate surface area is 135 Å². The first kappa shape index (κ1) is 16.4. The second-order valence-corrected chi connectivity index (χ2v) is 7.10. The zero-order chi connectivity index (χ0) is 15.8. The fourth-order valence-corrected chi connectivity index (χ4v) is 2.89. The molecule has 0 aliphatic carbocycles. The molecule has 0 spiro atoms. The number of halogens is 2. The largest absolute Gasteiger partial charge is 0.444 e. The fourth-order valence-electron chi connectivity index (χ4n) is 2.32. The van der Waals surface area contributed by atoms with Crippen molar-refractivity contribution < 1.29 is 9.53 Å². The van der Waals surface area contributed by atoms with Gasteiger partial charge in [-0.1, -0.05) is 23.2 Å². The van der Waals surface area contributed by atoms with E-state index in [2.05, 4.69) is 0 Å². The molecule has 2 N–H and O–H groups in total. The molecule has 0 saturated carbocycles. The monoisotopic (exact) mass is 330 g/mol. The van der Waals surface area contributed by atoms with Crippen LogP contribution in [0.25, 0.3) is 0 Å². The zero-order valence-electron chi connectivity index (χ0n) is 12.5. The highest BCUT2D eigenvalue weighted by molar-refractivity contribution is 6.35. The van der Waals surface area contributed by atoms with Crippen LogP contribution in [-0.2, 0) is 11.3 Å². The van der Waals surface area contributed by atoms with E-state index in [9.17, 15) is 4.79 Å². The summed E-state index contributed by atoms with van der Waals surface area (Å²) in [6, 6.07) is 3.31. The number of carbonyl (C=O) groups excluding carboxylic acids is 1. The average Bonchev–Trinajstić information content (AvgIpc) is 2.48. The van der Waals surface area contributed by atoms with E-state index in [1.54, 1.807) is 11.0 Å². The Balaban J connectivity index is 2.29. The van der Waals surface area contributed by atoms with Crippen molar-refractivity contribution >= 4 is 29.3 Å². The summed E-state index contributed by atoms with van der Waals surface area (Å²) in [6.07, 6.45) is 0.289. The van der Waals surface area contributed by atoms with Crippen molar-refractivity contribution in [2.75, 3.05) is 6.54 Å². The maximum atomic E-state index is 12.3. The molecule has 0 fully saturated rings. The third-order valence-electron chi connectivity index (χ3n) is 3.30. The number of carbonyl (C=O) groups is 1. The van der Waals surface area contributed by atoms with Gasteiger partial charge < -0.3 is 15.4 Å². The number of hydrogen-bond acceptors (Lipinski definition) is 3. The summed E-state index contributed by atoms with van der Waals surface area (Å²) in [5.41, 5.74) is 7.39. The van der Waals surface area contributed by atoms with E-state index in [-0.39, 0.29) is 12.1 Å². The van der Waals surface area contributed by atoms with Crippen LogP contribution in [-0.4, -0.2) is 23.1 Å². The van der Waals surface area contributed by atoms with Crippen molar-refractivity contribution in [3.63, 3.8) is 0 Å². The minimum atomic E-state index is -0.530. The summed E-state index contributed by atoms with van der Waals surface area (Å²) in [5, 5.41) is 1.09. The Hall–Kier alpha value is -0.970. The number of amides is 1. The van der Waals surface area contributed by atoms with Gasteiger partial charge in [0, 0.05) is 22.6 Å². The van der Waals surface area contributed by atoms with E-state index in [1.165, 1.54) is 0 Å². The first-order valence-corrected chi connectivity index (χ1v) is 7.64. The van der Waals surface area contributed by atoms with E-state index in [0.717, 1.165) is 11.1 Å². The van der Waals surface area contributed by atoms with E-state index >= 15 is 0 Å². The van der Waals surface area contributed by atoms with Crippen LogP contribution >= 0.6 is 23.2 Å². The van der Waals surface area contributed by atoms with Crippen LogP contribution in [0.1, 0.15) is 44.4 Å². The lowest BCUT2D eigenvalue weighted by molar-refractivity contribution is 0.0235. The third-order valence-corrected chi connectivity index (χ3v) is 3.86. The van der Waals surface area contributed by atoms with Gasteiger partial charge in [0.15, 0.2) is 0 Å².